The minimum absolute atomic E-state index is 0.962. The molecule has 2 heterocycles. The molecule has 60 valence electrons. The van der Waals surface area contributed by atoms with Crippen LogP contribution in [0.25, 0.3) is 11.3 Å². The summed E-state index contributed by atoms with van der Waals surface area (Å²) in [6.45, 7) is 1.96. The van der Waals surface area contributed by atoms with Crippen molar-refractivity contribution in [1.29, 1.82) is 0 Å². The van der Waals surface area contributed by atoms with Gasteiger partial charge in [0.25, 0.3) is 0 Å². The lowest BCUT2D eigenvalue weighted by atomic mass is 10.2. The lowest BCUT2D eigenvalue weighted by Crippen LogP contribution is -1.85. The molecule has 0 unspecified atom stereocenters. The SMILES string of the molecule is Cc1cc(-c2cc[nH]c2)ncn1. The zero-order valence-corrected chi connectivity index (χ0v) is 6.78. The molecular formula is C9H9N3. The number of aryl methyl sites for hydroxylation is 1. The molecule has 2 aromatic heterocycles. The third kappa shape index (κ3) is 1.21. The van der Waals surface area contributed by atoms with E-state index in [-0.39, 0.29) is 0 Å². The summed E-state index contributed by atoms with van der Waals surface area (Å²) >= 11 is 0. The van der Waals surface area contributed by atoms with Gasteiger partial charge in [0.1, 0.15) is 6.33 Å². The van der Waals surface area contributed by atoms with Crippen LogP contribution in [0.1, 0.15) is 5.69 Å². The predicted molar refractivity (Wildman–Crippen MR) is 46.6 cm³/mol. The van der Waals surface area contributed by atoms with Gasteiger partial charge in [0.15, 0.2) is 0 Å². The van der Waals surface area contributed by atoms with E-state index in [1.54, 1.807) is 6.33 Å². The van der Waals surface area contributed by atoms with Gasteiger partial charge in [-0.15, -0.1) is 0 Å². The number of H-pyrrole nitrogens is 1. The summed E-state index contributed by atoms with van der Waals surface area (Å²) in [5, 5.41) is 0. The fourth-order valence-corrected chi connectivity index (χ4v) is 1.10. The Kier molecular flexibility index (Phi) is 1.63. The highest BCUT2D eigenvalue weighted by atomic mass is 14.8. The Morgan fingerprint density at radius 3 is 2.92 bits per heavy atom. The second-order valence-corrected chi connectivity index (χ2v) is 2.64. The van der Waals surface area contributed by atoms with Gasteiger partial charge >= 0.3 is 0 Å². The van der Waals surface area contributed by atoms with Crippen LogP contribution in [0.3, 0.4) is 0 Å². The largest absolute Gasteiger partial charge is 0.367 e. The first-order valence-electron chi connectivity index (χ1n) is 3.78. The fourth-order valence-electron chi connectivity index (χ4n) is 1.10. The quantitative estimate of drug-likeness (QED) is 0.689. The summed E-state index contributed by atoms with van der Waals surface area (Å²) in [5.74, 6) is 0. The zero-order chi connectivity index (χ0) is 8.39. The van der Waals surface area contributed by atoms with Crippen molar-refractivity contribution in [3.63, 3.8) is 0 Å². The normalized spacial score (nSPS) is 10.1. The minimum atomic E-state index is 0.962. The van der Waals surface area contributed by atoms with Gasteiger partial charge in [-0.1, -0.05) is 0 Å². The van der Waals surface area contributed by atoms with Gasteiger partial charge in [-0.05, 0) is 19.1 Å². The van der Waals surface area contributed by atoms with Crippen LogP contribution in [0, 0.1) is 6.92 Å². The van der Waals surface area contributed by atoms with E-state index in [0.717, 1.165) is 17.0 Å². The van der Waals surface area contributed by atoms with Crippen molar-refractivity contribution in [2.45, 2.75) is 6.92 Å². The standard InChI is InChI=1S/C9H9N3/c1-7-4-9(12-6-11-7)8-2-3-10-5-8/h2-6,10H,1H3. The molecule has 3 heteroatoms. The van der Waals surface area contributed by atoms with Crippen LogP contribution in [0.15, 0.2) is 30.9 Å². The molecule has 0 radical (unpaired) electrons. The summed E-state index contributed by atoms with van der Waals surface area (Å²) in [6.07, 6.45) is 5.38. The summed E-state index contributed by atoms with van der Waals surface area (Å²) in [4.78, 5) is 11.2. The first kappa shape index (κ1) is 7.03. The molecule has 2 rings (SSSR count). The van der Waals surface area contributed by atoms with E-state index in [1.165, 1.54) is 0 Å². The molecule has 0 saturated carbocycles. The molecule has 0 saturated heterocycles. The van der Waals surface area contributed by atoms with E-state index in [9.17, 15) is 0 Å². The van der Waals surface area contributed by atoms with E-state index < -0.39 is 0 Å². The molecule has 0 aromatic carbocycles. The molecule has 0 aliphatic carbocycles. The molecule has 0 amide bonds. The Morgan fingerprint density at radius 2 is 2.25 bits per heavy atom. The highest BCUT2D eigenvalue weighted by molar-refractivity contribution is 5.57. The topological polar surface area (TPSA) is 41.6 Å². The Morgan fingerprint density at radius 1 is 1.33 bits per heavy atom. The Hall–Kier alpha value is -1.64. The molecule has 2 aromatic rings. The second kappa shape index (κ2) is 2.77. The molecule has 1 N–H and O–H groups in total. The van der Waals surface area contributed by atoms with Crippen LogP contribution in [0.2, 0.25) is 0 Å². The number of aromatic nitrogens is 3. The van der Waals surface area contributed by atoms with E-state index >= 15 is 0 Å². The van der Waals surface area contributed by atoms with Crippen LogP contribution in [-0.4, -0.2) is 15.0 Å². The Bertz CT molecular complexity index is 365. The van der Waals surface area contributed by atoms with Crippen molar-refractivity contribution in [2.75, 3.05) is 0 Å². The van der Waals surface area contributed by atoms with Gasteiger partial charge < -0.3 is 4.98 Å². The molecule has 0 fully saturated rings. The van der Waals surface area contributed by atoms with Gasteiger partial charge in [-0.25, -0.2) is 9.97 Å². The molecule has 12 heavy (non-hydrogen) atoms. The third-order valence-corrected chi connectivity index (χ3v) is 1.70. The molecule has 0 aliphatic heterocycles. The summed E-state index contributed by atoms with van der Waals surface area (Å²) in [5.41, 5.74) is 3.05. The lowest BCUT2D eigenvalue weighted by molar-refractivity contribution is 1.11. The maximum atomic E-state index is 4.15. The Balaban J connectivity index is 2.48. The number of nitrogens with one attached hydrogen (secondary N) is 1. The first-order chi connectivity index (χ1) is 5.86. The van der Waals surface area contributed by atoms with Crippen molar-refractivity contribution in [1.82, 2.24) is 15.0 Å². The minimum Gasteiger partial charge on any atom is -0.367 e. The monoisotopic (exact) mass is 159 g/mol. The molecular weight excluding hydrogens is 150 g/mol. The molecule has 0 atom stereocenters. The van der Waals surface area contributed by atoms with Gasteiger partial charge in [0.2, 0.25) is 0 Å². The fraction of sp³-hybridized carbons (Fsp3) is 0.111. The first-order valence-corrected chi connectivity index (χ1v) is 3.78. The van der Waals surface area contributed by atoms with Crippen molar-refractivity contribution < 1.29 is 0 Å². The van der Waals surface area contributed by atoms with Crippen molar-refractivity contribution in [3.05, 3.63) is 36.5 Å². The van der Waals surface area contributed by atoms with Crippen LogP contribution in [0.4, 0.5) is 0 Å². The maximum Gasteiger partial charge on any atom is 0.116 e. The van der Waals surface area contributed by atoms with E-state index in [2.05, 4.69) is 15.0 Å². The van der Waals surface area contributed by atoms with Crippen LogP contribution in [0.5, 0.6) is 0 Å². The maximum absolute atomic E-state index is 4.15. The third-order valence-electron chi connectivity index (χ3n) is 1.70. The van der Waals surface area contributed by atoms with Gasteiger partial charge in [-0.3, -0.25) is 0 Å². The highest BCUT2D eigenvalue weighted by Gasteiger charge is 1.98. The summed E-state index contributed by atoms with van der Waals surface area (Å²) in [6, 6.07) is 3.95. The summed E-state index contributed by atoms with van der Waals surface area (Å²) in [7, 11) is 0. The van der Waals surface area contributed by atoms with E-state index in [1.807, 2.05) is 31.5 Å². The Labute approximate surface area is 70.5 Å². The number of rotatable bonds is 1. The van der Waals surface area contributed by atoms with E-state index in [0.29, 0.717) is 0 Å². The number of hydrogen-bond donors (Lipinski definition) is 1. The van der Waals surface area contributed by atoms with Crippen molar-refractivity contribution in [3.8, 4) is 11.3 Å². The number of hydrogen-bond acceptors (Lipinski definition) is 2. The van der Waals surface area contributed by atoms with Crippen LogP contribution in [-0.2, 0) is 0 Å². The lowest BCUT2D eigenvalue weighted by Gasteiger charge is -1.95. The number of aromatic amines is 1. The molecule has 0 aliphatic rings. The van der Waals surface area contributed by atoms with Gasteiger partial charge in [0.05, 0.1) is 5.69 Å². The van der Waals surface area contributed by atoms with Crippen LogP contribution < -0.4 is 0 Å². The predicted octanol–water partition coefficient (Wildman–Crippen LogP) is 1.78. The average molecular weight is 159 g/mol. The van der Waals surface area contributed by atoms with Gasteiger partial charge in [-0.2, -0.15) is 0 Å². The second-order valence-electron chi connectivity index (χ2n) is 2.64. The van der Waals surface area contributed by atoms with Crippen molar-refractivity contribution in [2.24, 2.45) is 0 Å². The highest BCUT2D eigenvalue weighted by Crippen LogP contribution is 2.14. The summed E-state index contributed by atoms with van der Waals surface area (Å²) < 4.78 is 0. The van der Waals surface area contributed by atoms with E-state index in [4.69, 9.17) is 0 Å². The molecule has 3 nitrogen and oxygen atoms in total. The van der Waals surface area contributed by atoms with Crippen molar-refractivity contribution >= 4 is 0 Å². The van der Waals surface area contributed by atoms with Crippen LogP contribution >= 0.6 is 0 Å². The molecule has 0 bridgehead atoms. The average Bonchev–Trinajstić information content (AvgIpc) is 2.56. The molecule has 0 spiro atoms. The smallest absolute Gasteiger partial charge is 0.116 e. The number of nitrogens with zero attached hydrogens (tertiary/aromatic N) is 2. The van der Waals surface area contributed by atoms with Gasteiger partial charge in [0, 0.05) is 23.7 Å². The zero-order valence-electron chi connectivity index (χ0n) is 6.78.